The first-order chi connectivity index (χ1) is 13.9. The van der Waals surface area contributed by atoms with Crippen molar-refractivity contribution >= 4 is 11.7 Å². The Morgan fingerprint density at radius 3 is 2.76 bits per heavy atom. The molecule has 2 atom stereocenters. The summed E-state index contributed by atoms with van der Waals surface area (Å²) in [4.78, 5) is 13.8. The summed E-state index contributed by atoms with van der Waals surface area (Å²) in [7, 11) is 0. The van der Waals surface area contributed by atoms with Crippen LogP contribution < -0.4 is 11.6 Å². The highest BCUT2D eigenvalue weighted by atomic mass is 19.3. The van der Waals surface area contributed by atoms with Crippen molar-refractivity contribution in [2.45, 2.75) is 50.2 Å². The van der Waals surface area contributed by atoms with Gasteiger partial charge in [0.15, 0.2) is 0 Å². The molecule has 1 aliphatic rings. The number of aliphatic hydroxyl groups excluding tert-OH is 1. The van der Waals surface area contributed by atoms with Gasteiger partial charge >= 0.3 is 5.92 Å². The minimum Gasteiger partial charge on any atom is -0.385 e. The molecule has 2 rings (SSSR count). The molecule has 5 N–H and O–H groups in total. The van der Waals surface area contributed by atoms with E-state index in [1.807, 2.05) is 12.2 Å². The Morgan fingerprint density at radius 2 is 2.07 bits per heavy atom. The lowest BCUT2D eigenvalue weighted by molar-refractivity contribution is -0.128. The molecule has 6 nitrogen and oxygen atoms in total. The highest BCUT2D eigenvalue weighted by molar-refractivity contribution is 5.81. The number of carbonyl (C=O) groups excluding carboxylic acids is 1. The van der Waals surface area contributed by atoms with Crippen molar-refractivity contribution in [1.29, 1.82) is 0 Å². The Hall–Kier alpha value is -2.74. The molecule has 0 radical (unpaired) electrons. The molecule has 1 aliphatic heterocycles. The number of amidine groups is 1. The maximum Gasteiger partial charge on any atom is 0.302 e. The molecular formula is C21H28F2N4O2. The van der Waals surface area contributed by atoms with Gasteiger partial charge in [-0.25, -0.2) is 0 Å². The summed E-state index contributed by atoms with van der Waals surface area (Å²) in [5.41, 5.74) is 5.24. The van der Waals surface area contributed by atoms with Gasteiger partial charge in [-0.1, -0.05) is 54.6 Å². The van der Waals surface area contributed by atoms with Gasteiger partial charge in [-0.3, -0.25) is 4.79 Å². The SMILES string of the molecule is NN=C(N)C/C=C/CCCN1C(=O)CCC1C=CC(O)C(F)(F)c1ccccc1. The fourth-order valence-corrected chi connectivity index (χ4v) is 3.19. The number of alkyl halides is 2. The van der Waals surface area contributed by atoms with Crippen molar-refractivity contribution in [3.63, 3.8) is 0 Å². The van der Waals surface area contributed by atoms with Crippen molar-refractivity contribution in [3.05, 3.63) is 60.2 Å². The van der Waals surface area contributed by atoms with Gasteiger partial charge in [-0.15, -0.1) is 0 Å². The molecule has 0 saturated carbocycles. The maximum atomic E-state index is 14.4. The van der Waals surface area contributed by atoms with E-state index >= 15 is 0 Å². The number of hydrazone groups is 1. The largest absolute Gasteiger partial charge is 0.385 e. The number of unbranched alkanes of at least 4 members (excludes halogenated alkanes) is 1. The summed E-state index contributed by atoms with van der Waals surface area (Å²) < 4.78 is 28.8. The standard InChI is InChI=1S/C21H28F2N4O2/c22-21(23,16-8-4-3-5-9-16)18(28)13-11-17-12-14-20(29)27(17)15-7-2-1-6-10-19(24)26-25/h1,3-6,8-9,11,13,17-18,28H,2,7,10,12,14-15,25H2,(H2,24,26)/b6-1+,13-11?. The first-order valence-corrected chi connectivity index (χ1v) is 9.62. The number of aliphatic hydroxyl groups is 1. The zero-order chi connectivity index (χ0) is 21.3. The molecule has 1 fully saturated rings. The topological polar surface area (TPSA) is 105 Å². The maximum absolute atomic E-state index is 14.4. The van der Waals surface area contributed by atoms with Gasteiger partial charge in [0.2, 0.25) is 5.91 Å². The fraction of sp³-hybridized carbons (Fsp3) is 0.429. The molecule has 0 aromatic heterocycles. The fourth-order valence-electron chi connectivity index (χ4n) is 3.19. The van der Waals surface area contributed by atoms with Crippen LogP contribution in [0.15, 0.2) is 59.7 Å². The van der Waals surface area contributed by atoms with Gasteiger partial charge in [0, 0.05) is 24.9 Å². The smallest absolute Gasteiger partial charge is 0.302 e. The van der Waals surface area contributed by atoms with E-state index in [0.717, 1.165) is 18.9 Å². The summed E-state index contributed by atoms with van der Waals surface area (Å²) in [6.45, 7) is 0.518. The van der Waals surface area contributed by atoms with E-state index < -0.39 is 12.0 Å². The van der Waals surface area contributed by atoms with Gasteiger partial charge in [-0.2, -0.15) is 13.9 Å². The van der Waals surface area contributed by atoms with Crippen LogP contribution in [0.25, 0.3) is 0 Å². The monoisotopic (exact) mass is 406 g/mol. The van der Waals surface area contributed by atoms with Crippen LogP contribution in [-0.2, 0) is 10.7 Å². The molecule has 158 valence electrons. The van der Waals surface area contributed by atoms with Gasteiger partial charge in [-0.05, 0) is 19.3 Å². The van der Waals surface area contributed by atoms with Crippen LogP contribution in [0.3, 0.4) is 0 Å². The highest BCUT2D eigenvalue weighted by Gasteiger charge is 2.39. The quantitative estimate of drug-likeness (QED) is 0.139. The Labute approximate surface area is 169 Å². The number of hydrogen-bond donors (Lipinski definition) is 3. The summed E-state index contributed by atoms with van der Waals surface area (Å²) in [6.07, 6.45) is 7.32. The van der Waals surface area contributed by atoms with E-state index in [0.29, 0.717) is 31.6 Å². The van der Waals surface area contributed by atoms with E-state index in [9.17, 15) is 18.7 Å². The van der Waals surface area contributed by atoms with Gasteiger partial charge in [0.1, 0.15) is 11.9 Å². The number of benzene rings is 1. The molecule has 2 unspecified atom stereocenters. The number of allylic oxidation sites excluding steroid dienone is 1. The molecule has 1 heterocycles. The summed E-state index contributed by atoms with van der Waals surface area (Å²) in [6, 6.07) is 6.92. The van der Waals surface area contributed by atoms with Crippen LogP contribution in [0.4, 0.5) is 8.78 Å². The minimum atomic E-state index is -3.40. The minimum absolute atomic E-state index is 0.00699. The third-order valence-electron chi connectivity index (χ3n) is 4.85. The average Bonchev–Trinajstić information content (AvgIpc) is 3.08. The van der Waals surface area contributed by atoms with E-state index in [-0.39, 0.29) is 17.5 Å². The molecule has 1 aromatic carbocycles. The van der Waals surface area contributed by atoms with Gasteiger partial charge in [0.25, 0.3) is 0 Å². The number of rotatable bonds is 10. The molecule has 1 saturated heterocycles. The van der Waals surface area contributed by atoms with E-state index in [4.69, 9.17) is 11.6 Å². The molecule has 0 bridgehead atoms. The second-order valence-electron chi connectivity index (χ2n) is 6.95. The van der Waals surface area contributed by atoms with Gasteiger partial charge in [0.05, 0.1) is 6.04 Å². The van der Waals surface area contributed by atoms with Crippen LogP contribution in [0.1, 0.15) is 37.7 Å². The van der Waals surface area contributed by atoms with Crippen LogP contribution in [0.2, 0.25) is 0 Å². The predicted octanol–water partition coefficient (Wildman–Crippen LogP) is 2.64. The lowest BCUT2D eigenvalue weighted by Gasteiger charge is -2.24. The molecule has 0 aliphatic carbocycles. The lowest BCUT2D eigenvalue weighted by atomic mass is 10.0. The Bertz CT molecular complexity index is 750. The summed E-state index contributed by atoms with van der Waals surface area (Å²) in [5, 5.41) is 13.4. The molecule has 1 aromatic rings. The van der Waals surface area contributed by atoms with E-state index in [1.165, 1.54) is 30.3 Å². The Morgan fingerprint density at radius 1 is 1.34 bits per heavy atom. The van der Waals surface area contributed by atoms with Crippen LogP contribution >= 0.6 is 0 Å². The zero-order valence-corrected chi connectivity index (χ0v) is 16.3. The molecule has 29 heavy (non-hydrogen) atoms. The first-order valence-electron chi connectivity index (χ1n) is 9.62. The summed E-state index contributed by atoms with van der Waals surface area (Å²) >= 11 is 0. The van der Waals surface area contributed by atoms with Gasteiger partial charge < -0.3 is 21.6 Å². The first kappa shape index (κ1) is 22.5. The number of nitrogens with zero attached hydrogens (tertiary/aromatic N) is 2. The predicted molar refractivity (Wildman–Crippen MR) is 109 cm³/mol. The third-order valence-corrected chi connectivity index (χ3v) is 4.85. The number of nitrogens with two attached hydrogens (primary N) is 2. The van der Waals surface area contributed by atoms with Crippen molar-refractivity contribution in [3.8, 4) is 0 Å². The van der Waals surface area contributed by atoms with Crippen molar-refractivity contribution < 1.29 is 18.7 Å². The van der Waals surface area contributed by atoms with Crippen LogP contribution in [0, 0.1) is 0 Å². The molecule has 0 spiro atoms. The average molecular weight is 406 g/mol. The second kappa shape index (κ2) is 10.7. The van der Waals surface area contributed by atoms with Crippen molar-refractivity contribution in [1.82, 2.24) is 4.90 Å². The molecular weight excluding hydrogens is 378 g/mol. The number of halogens is 2. The van der Waals surface area contributed by atoms with Crippen LogP contribution in [-0.4, -0.2) is 40.4 Å². The van der Waals surface area contributed by atoms with Crippen molar-refractivity contribution in [2.75, 3.05) is 6.54 Å². The molecule has 8 heteroatoms. The number of hydrogen-bond acceptors (Lipinski definition) is 4. The Kier molecular flexibility index (Phi) is 8.33. The normalized spacial score (nSPS) is 19.6. The second-order valence-corrected chi connectivity index (χ2v) is 6.95. The van der Waals surface area contributed by atoms with E-state index in [2.05, 4.69) is 5.10 Å². The number of likely N-dealkylation sites (tertiary alicyclic amines) is 1. The zero-order valence-electron chi connectivity index (χ0n) is 16.3. The molecule has 1 amide bonds. The lowest BCUT2D eigenvalue weighted by Crippen LogP contribution is -2.34. The van der Waals surface area contributed by atoms with E-state index in [1.54, 1.807) is 11.0 Å². The van der Waals surface area contributed by atoms with Crippen LogP contribution in [0.5, 0.6) is 0 Å². The number of carbonyl (C=O) groups is 1. The van der Waals surface area contributed by atoms with Crippen molar-refractivity contribution in [2.24, 2.45) is 16.7 Å². The third kappa shape index (κ3) is 6.39. The highest BCUT2D eigenvalue weighted by Crippen LogP contribution is 2.32. The summed E-state index contributed by atoms with van der Waals surface area (Å²) in [5.74, 6) is 1.98. The number of amides is 1. The Balaban J connectivity index is 1.89.